The van der Waals surface area contributed by atoms with Crippen molar-refractivity contribution in [1.29, 1.82) is 0 Å². The maximum absolute atomic E-state index is 12.3. The van der Waals surface area contributed by atoms with Gasteiger partial charge in [-0.05, 0) is 35.4 Å². The largest absolute Gasteiger partial charge is 0.447 e. The fourth-order valence-corrected chi connectivity index (χ4v) is 3.41. The summed E-state index contributed by atoms with van der Waals surface area (Å²) in [6.45, 7) is 0.900. The lowest BCUT2D eigenvalue weighted by Crippen LogP contribution is -2.36. The third-order valence-corrected chi connectivity index (χ3v) is 4.69. The van der Waals surface area contributed by atoms with E-state index in [9.17, 15) is 14.7 Å². The number of anilines is 2. The van der Waals surface area contributed by atoms with E-state index in [0.29, 0.717) is 25.3 Å². The summed E-state index contributed by atoms with van der Waals surface area (Å²) in [5.74, 6) is 0. The standard InChI is InChI=1S/C19H19N3O4/c23-16-11-12-3-1-2-4-15(12)17(16)21-18(24)20-13-5-7-14(8-6-13)22-9-10-26-19(22)25/h1-8,16-17,23H,9-11H2,(H2,20,21,24)/t16-,17+/m0/s1. The van der Waals surface area contributed by atoms with Gasteiger partial charge in [0, 0.05) is 17.8 Å². The highest BCUT2D eigenvalue weighted by Crippen LogP contribution is 2.31. The summed E-state index contributed by atoms with van der Waals surface area (Å²) in [6.07, 6.45) is -0.471. The molecule has 1 heterocycles. The number of aliphatic hydroxyl groups is 1. The van der Waals surface area contributed by atoms with Crippen molar-refractivity contribution < 1.29 is 19.4 Å². The van der Waals surface area contributed by atoms with Crippen LogP contribution in [0.4, 0.5) is 21.0 Å². The molecular weight excluding hydrogens is 334 g/mol. The number of benzene rings is 2. The van der Waals surface area contributed by atoms with Crippen LogP contribution < -0.4 is 15.5 Å². The lowest BCUT2D eigenvalue weighted by molar-refractivity contribution is 0.144. The van der Waals surface area contributed by atoms with E-state index in [0.717, 1.165) is 16.8 Å². The molecule has 134 valence electrons. The van der Waals surface area contributed by atoms with Gasteiger partial charge >= 0.3 is 12.1 Å². The molecule has 0 radical (unpaired) electrons. The molecule has 0 unspecified atom stereocenters. The Morgan fingerprint density at radius 3 is 2.65 bits per heavy atom. The average molecular weight is 353 g/mol. The van der Waals surface area contributed by atoms with Crippen molar-refractivity contribution >= 4 is 23.5 Å². The molecule has 2 atom stereocenters. The van der Waals surface area contributed by atoms with Crippen LogP contribution >= 0.6 is 0 Å². The van der Waals surface area contributed by atoms with Crippen LogP contribution in [0.3, 0.4) is 0 Å². The number of urea groups is 1. The van der Waals surface area contributed by atoms with E-state index < -0.39 is 12.1 Å². The SMILES string of the molecule is O=C(Nc1ccc(N2CCOC2=O)cc1)N[C@@H]1c2ccccc2C[C@@H]1O. The Bertz CT molecular complexity index is 837. The zero-order valence-electron chi connectivity index (χ0n) is 14.0. The van der Waals surface area contributed by atoms with Crippen molar-refractivity contribution in [2.24, 2.45) is 0 Å². The number of carbonyl (C=O) groups is 2. The Morgan fingerprint density at radius 2 is 1.92 bits per heavy atom. The highest BCUT2D eigenvalue weighted by atomic mass is 16.6. The van der Waals surface area contributed by atoms with Gasteiger partial charge in [0.2, 0.25) is 0 Å². The number of hydrogen-bond acceptors (Lipinski definition) is 4. The molecular formula is C19H19N3O4. The molecule has 1 saturated heterocycles. The van der Waals surface area contributed by atoms with Gasteiger partial charge in [0.25, 0.3) is 0 Å². The highest BCUT2D eigenvalue weighted by Gasteiger charge is 2.31. The molecule has 2 aromatic rings. The van der Waals surface area contributed by atoms with E-state index in [1.54, 1.807) is 24.3 Å². The summed E-state index contributed by atoms with van der Waals surface area (Å²) in [7, 11) is 0. The number of nitrogens with zero attached hydrogens (tertiary/aromatic N) is 1. The number of carbonyl (C=O) groups excluding carboxylic acids is 2. The first kappa shape index (κ1) is 16.4. The van der Waals surface area contributed by atoms with Crippen LogP contribution in [0.15, 0.2) is 48.5 Å². The molecule has 26 heavy (non-hydrogen) atoms. The second-order valence-electron chi connectivity index (χ2n) is 6.36. The molecule has 0 aromatic heterocycles. The van der Waals surface area contributed by atoms with Crippen LogP contribution in [0.1, 0.15) is 17.2 Å². The maximum Gasteiger partial charge on any atom is 0.414 e. The second kappa shape index (κ2) is 6.68. The van der Waals surface area contributed by atoms with Gasteiger partial charge in [-0.3, -0.25) is 4.90 Å². The molecule has 2 aromatic carbocycles. The van der Waals surface area contributed by atoms with E-state index in [1.165, 1.54) is 4.90 Å². The lowest BCUT2D eigenvalue weighted by atomic mass is 10.1. The molecule has 0 bridgehead atoms. The molecule has 7 heteroatoms. The first-order valence-corrected chi connectivity index (χ1v) is 8.49. The van der Waals surface area contributed by atoms with Crippen LogP contribution in [0.2, 0.25) is 0 Å². The summed E-state index contributed by atoms with van der Waals surface area (Å²) in [5, 5.41) is 15.8. The molecule has 0 saturated carbocycles. The number of ether oxygens (including phenoxy) is 1. The van der Waals surface area contributed by atoms with Gasteiger partial charge in [-0.15, -0.1) is 0 Å². The Labute approximate surface area is 150 Å². The smallest absolute Gasteiger partial charge is 0.414 e. The van der Waals surface area contributed by atoms with Crippen molar-refractivity contribution in [3.05, 3.63) is 59.7 Å². The first-order chi connectivity index (χ1) is 12.6. The van der Waals surface area contributed by atoms with Crippen LogP contribution in [0, 0.1) is 0 Å². The van der Waals surface area contributed by atoms with Crippen molar-refractivity contribution in [1.82, 2.24) is 5.32 Å². The predicted octanol–water partition coefficient (Wildman–Crippen LogP) is 2.42. The van der Waals surface area contributed by atoms with E-state index >= 15 is 0 Å². The van der Waals surface area contributed by atoms with Crippen molar-refractivity contribution in [2.45, 2.75) is 18.6 Å². The zero-order chi connectivity index (χ0) is 18.1. The quantitative estimate of drug-likeness (QED) is 0.790. The summed E-state index contributed by atoms with van der Waals surface area (Å²) < 4.78 is 4.91. The van der Waals surface area contributed by atoms with E-state index in [4.69, 9.17) is 4.74 Å². The zero-order valence-corrected chi connectivity index (χ0v) is 14.0. The highest BCUT2D eigenvalue weighted by molar-refractivity contribution is 5.92. The monoisotopic (exact) mass is 353 g/mol. The van der Waals surface area contributed by atoms with E-state index in [2.05, 4.69) is 10.6 Å². The topological polar surface area (TPSA) is 90.9 Å². The summed E-state index contributed by atoms with van der Waals surface area (Å²) in [4.78, 5) is 25.4. The van der Waals surface area contributed by atoms with Gasteiger partial charge < -0.3 is 20.5 Å². The van der Waals surface area contributed by atoms with Gasteiger partial charge in [-0.25, -0.2) is 9.59 Å². The maximum atomic E-state index is 12.3. The van der Waals surface area contributed by atoms with Gasteiger partial charge in [-0.2, -0.15) is 0 Å². The molecule has 1 fully saturated rings. The predicted molar refractivity (Wildman–Crippen MR) is 96.2 cm³/mol. The van der Waals surface area contributed by atoms with Gasteiger partial charge in [0.15, 0.2) is 0 Å². The Hall–Kier alpha value is -3.06. The second-order valence-corrected chi connectivity index (χ2v) is 6.36. The van der Waals surface area contributed by atoms with E-state index in [-0.39, 0.29) is 12.1 Å². The third-order valence-electron chi connectivity index (χ3n) is 4.69. The molecule has 0 spiro atoms. The summed E-state index contributed by atoms with van der Waals surface area (Å²) in [6, 6.07) is 13.8. The Morgan fingerprint density at radius 1 is 1.15 bits per heavy atom. The molecule has 1 aliphatic carbocycles. The van der Waals surface area contributed by atoms with Crippen LogP contribution in [-0.4, -0.2) is 36.5 Å². The normalized spacial score (nSPS) is 21.3. The minimum absolute atomic E-state index is 0.364. The molecule has 2 aliphatic rings. The molecule has 4 rings (SSSR count). The summed E-state index contributed by atoms with van der Waals surface area (Å²) in [5.41, 5.74) is 3.31. The van der Waals surface area contributed by atoms with Gasteiger partial charge in [-0.1, -0.05) is 24.3 Å². The number of hydrogen-bond donors (Lipinski definition) is 3. The average Bonchev–Trinajstić information content (AvgIpc) is 3.19. The number of cyclic esters (lactones) is 1. The number of rotatable bonds is 3. The summed E-state index contributed by atoms with van der Waals surface area (Å²) >= 11 is 0. The third kappa shape index (κ3) is 3.09. The van der Waals surface area contributed by atoms with Crippen LogP contribution in [-0.2, 0) is 11.2 Å². The number of nitrogens with one attached hydrogen (secondary N) is 2. The van der Waals surface area contributed by atoms with Crippen molar-refractivity contribution in [2.75, 3.05) is 23.4 Å². The Kier molecular flexibility index (Phi) is 4.22. The molecule has 7 nitrogen and oxygen atoms in total. The van der Waals surface area contributed by atoms with Gasteiger partial charge in [0.1, 0.15) is 6.61 Å². The van der Waals surface area contributed by atoms with Crippen LogP contribution in [0.25, 0.3) is 0 Å². The number of aliphatic hydroxyl groups excluding tert-OH is 1. The molecule has 1 aliphatic heterocycles. The van der Waals surface area contributed by atoms with E-state index in [1.807, 2.05) is 24.3 Å². The number of fused-ring (bicyclic) bond motifs is 1. The minimum Gasteiger partial charge on any atom is -0.447 e. The fraction of sp³-hybridized carbons (Fsp3) is 0.263. The van der Waals surface area contributed by atoms with Crippen LogP contribution in [0.5, 0.6) is 0 Å². The van der Waals surface area contributed by atoms with Gasteiger partial charge in [0.05, 0.1) is 18.7 Å². The molecule has 3 amide bonds. The first-order valence-electron chi connectivity index (χ1n) is 8.49. The van der Waals surface area contributed by atoms with Crippen molar-refractivity contribution in [3.8, 4) is 0 Å². The lowest BCUT2D eigenvalue weighted by Gasteiger charge is -2.19. The number of amides is 3. The van der Waals surface area contributed by atoms with Crippen molar-refractivity contribution in [3.63, 3.8) is 0 Å². The fourth-order valence-electron chi connectivity index (χ4n) is 3.41. The minimum atomic E-state index is -0.637. The molecule has 3 N–H and O–H groups in total. The Balaban J connectivity index is 1.40.